The van der Waals surface area contributed by atoms with Gasteiger partial charge in [-0.2, -0.15) is 0 Å². The minimum absolute atomic E-state index is 0.0358. The third-order valence-electron chi connectivity index (χ3n) is 4.95. The highest BCUT2D eigenvalue weighted by atomic mass is 16.5. The van der Waals surface area contributed by atoms with Crippen LogP contribution in [0.25, 0.3) is 0 Å². The molecule has 0 aromatic carbocycles. The van der Waals surface area contributed by atoms with Crippen LogP contribution in [0, 0.1) is 0 Å². The summed E-state index contributed by atoms with van der Waals surface area (Å²) in [4.78, 5) is 28.7. The van der Waals surface area contributed by atoms with Gasteiger partial charge in [0.05, 0.1) is 5.54 Å². The van der Waals surface area contributed by atoms with Crippen LogP contribution in [0.1, 0.15) is 46.0 Å². The number of carbonyl (C=O) groups excluding carboxylic acids is 2. The highest BCUT2D eigenvalue weighted by Gasteiger charge is 2.45. The summed E-state index contributed by atoms with van der Waals surface area (Å²) in [6.07, 6.45) is 5.40. The van der Waals surface area contributed by atoms with Crippen molar-refractivity contribution < 1.29 is 19.1 Å². The first-order valence-electron chi connectivity index (χ1n) is 8.86. The van der Waals surface area contributed by atoms with E-state index in [4.69, 9.17) is 9.47 Å². The molecule has 2 rings (SSSR count). The Morgan fingerprint density at radius 1 is 0.913 bits per heavy atom. The lowest BCUT2D eigenvalue weighted by atomic mass is 9.78. The van der Waals surface area contributed by atoms with E-state index in [1.165, 1.54) is 6.42 Å². The van der Waals surface area contributed by atoms with Crippen molar-refractivity contribution in [3.05, 3.63) is 0 Å². The minimum atomic E-state index is -0.202. The number of carbonyl (C=O) groups is 2. The summed E-state index contributed by atoms with van der Waals surface area (Å²) in [6, 6.07) is 0. The van der Waals surface area contributed by atoms with Gasteiger partial charge in [-0.05, 0) is 26.7 Å². The summed E-state index contributed by atoms with van der Waals surface area (Å²) in [7, 11) is 0. The molecule has 1 aliphatic carbocycles. The third-order valence-corrected chi connectivity index (χ3v) is 4.95. The molecule has 0 bridgehead atoms. The molecule has 0 aromatic heterocycles. The molecule has 0 radical (unpaired) electrons. The zero-order chi connectivity index (χ0) is 16.7. The Labute approximate surface area is 139 Å². The maximum Gasteiger partial charge on any atom is 0.249 e. The highest BCUT2D eigenvalue weighted by Crippen LogP contribution is 2.36. The van der Waals surface area contributed by atoms with E-state index in [2.05, 4.69) is 0 Å². The summed E-state index contributed by atoms with van der Waals surface area (Å²) >= 11 is 0. The lowest BCUT2D eigenvalue weighted by Crippen LogP contribution is -2.66. The number of ether oxygens (including phenoxy) is 2. The van der Waals surface area contributed by atoms with Crippen LogP contribution in [0.5, 0.6) is 0 Å². The van der Waals surface area contributed by atoms with Gasteiger partial charge in [-0.25, -0.2) is 0 Å². The molecular weight excluding hydrogens is 296 g/mol. The number of hydrogen-bond acceptors (Lipinski definition) is 4. The van der Waals surface area contributed by atoms with Gasteiger partial charge in [-0.15, -0.1) is 0 Å². The van der Waals surface area contributed by atoms with E-state index in [9.17, 15) is 9.59 Å². The van der Waals surface area contributed by atoms with Crippen LogP contribution in [-0.2, 0) is 19.1 Å². The third kappa shape index (κ3) is 4.44. The van der Waals surface area contributed by atoms with Crippen molar-refractivity contribution in [1.29, 1.82) is 0 Å². The van der Waals surface area contributed by atoms with Crippen LogP contribution in [0.2, 0.25) is 0 Å². The van der Waals surface area contributed by atoms with Gasteiger partial charge in [-0.1, -0.05) is 19.3 Å². The number of nitrogens with zero attached hydrogens (tertiary/aromatic N) is 2. The van der Waals surface area contributed by atoms with Gasteiger partial charge >= 0.3 is 0 Å². The van der Waals surface area contributed by atoms with Crippen LogP contribution in [0.4, 0.5) is 0 Å². The van der Waals surface area contributed by atoms with Crippen molar-refractivity contribution in [2.24, 2.45) is 0 Å². The Morgan fingerprint density at radius 3 is 2.13 bits per heavy atom. The van der Waals surface area contributed by atoms with E-state index >= 15 is 0 Å². The fourth-order valence-electron chi connectivity index (χ4n) is 3.77. The van der Waals surface area contributed by atoms with Crippen molar-refractivity contribution in [3.63, 3.8) is 0 Å². The van der Waals surface area contributed by atoms with Crippen molar-refractivity contribution >= 4 is 11.8 Å². The maximum atomic E-state index is 12.6. The van der Waals surface area contributed by atoms with Gasteiger partial charge in [0.2, 0.25) is 11.8 Å². The second-order valence-electron chi connectivity index (χ2n) is 6.42. The molecule has 2 amide bonds. The quantitative estimate of drug-likeness (QED) is 0.741. The van der Waals surface area contributed by atoms with Crippen LogP contribution in [0.15, 0.2) is 0 Å². The van der Waals surface area contributed by atoms with Crippen molar-refractivity contribution in [2.75, 3.05) is 46.1 Å². The summed E-state index contributed by atoms with van der Waals surface area (Å²) in [5.74, 6) is 0.0966. The van der Waals surface area contributed by atoms with E-state index < -0.39 is 0 Å². The van der Waals surface area contributed by atoms with E-state index in [0.717, 1.165) is 25.7 Å². The Morgan fingerprint density at radius 2 is 1.52 bits per heavy atom. The zero-order valence-electron chi connectivity index (χ0n) is 14.5. The second-order valence-corrected chi connectivity index (χ2v) is 6.42. The Hall–Kier alpha value is -1.14. The van der Waals surface area contributed by atoms with E-state index in [0.29, 0.717) is 32.8 Å². The summed E-state index contributed by atoms with van der Waals surface area (Å²) in [5, 5.41) is 0. The minimum Gasteiger partial charge on any atom is -0.372 e. The topological polar surface area (TPSA) is 59.1 Å². The summed E-state index contributed by atoms with van der Waals surface area (Å²) in [5.41, 5.74) is -0.202. The maximum absolute atomic E-state index is 12.6. The van der Waals surface area contributed by atoms with Crippen LogP contribution in [-0.4, -0.2) is 73.2 Å². The predicted molar refractivity (Wildman–Crippen MR) is 87.1 cm³/mol. The predicted octanol–water partition coefficient (Wildman–Crippen LogP) is 1.43. The lowest BCUT2D eigenvalue weighted by molar-refractivity contribution is -0.156. The Balaban J connectivity index is 2.07. The molecule has 6 heteroatoms. The first-order chi connectivity index (χ1) is 11.1. The molecule has 1 aliphatic heterocycles. The molecule has 2 fully saturated rings. The molecule has 23 heavy (non-hydrogen) atoms. The monoisotopic (exact) mass is 326 g/mol. The number of piperazine rings is 1. The summed E-state index contributed by atoms with van der Waals surface area (Å²) in [6.45, 7) is 6.99. The van der Waals surface area contributed by atoms with Crippen LogP contribution in [0.3, 0.4) is 0 Å². The first kappa shape index (κ1) is 18.2. The largest absolute Gasteiger partial charge is 0.372 e. The average Bonchev–Trinajstić information content (AvgIpc) is 2.58. The van der Waals surface area contributed by atoms with E-state index in [1.807, 2.05) is 23.6 Å². The van der Waals surface area contributed by atoms with E-state index in [-0.39, 0.29) is 30.6 Å². The van der Waals surface area contributed by atoms with Gasteiger partial charge in [-0.3, -0.25) is 9.59 Å². The molecule has 1 spiro atoms. The SMILES string of the molecule is CCOCC(=O)N1CCN(C(=O)COCC)C2(CCCCC2)C1. The molecule has 0 aromatic rings. The molecule has 0 unspecified atom stereocenters. The van der Waals surface area contributed by atoms with Crippen molar-refractivity contribution in [1.82, 2.24) is 9.80 Å². The highest BCUT2D eigenvalue weighted by molar-refractivity contribution is 5.80. The molecule has 0 N–H and O–H groups in total. The average molecular weight is 326 g/mol. The van der Waals surface area contributed by atoms with Crippen molar-refractivity contribution in [2.45, 2.75) is 51.5 Å². The fourth-order valence-corrected chi connectivity index (χ4v) is 3.77. The number of hydrogen-bond donors (Lipinski definition) is 0. The van der Waals surface area contributed by atoms with Gasteiger partial charge in [0, 0.05) is 32.8 Å². The van der Waals surface area contributed by atoms with E-state index in [1.54, 1.807) is 0 Å². The Kier molecular flexibility index (Phi) is 6.84. The number of amides is 2. The Bertz CT molecular complexity index is 407. The van der Waals surface area contributed by atoms with Crippen LogP contribution < -0.4 is 0 Å². The van der Waals surface area contributed by atoms with Gasteiger partial charge < -0.3 is 19.3 Å². The molecule has 2 aliphatic rings. The summed E-state index contributed by atoms with van der Waals surface area (Å²) < 4.78 is 10.6. The molecule has 1 saturated carbocycles. The van der Waals surface area contributed by atoms with Gasteiger partial charge in [0.15, 0.2) is 0 Å². The molecule has 0 atom stereocenters. The molecular formula is C17H30N2O4. The van der Waals surface area contributed by atoms with Crippen molar-refractivity contribution in [3.8, 4) is 0 Å². The fraction of sp³-hybridized carbons (Fsp3) is 0.882. The first-order valence-corrected chi connectivity index (χ1v) is 8.86. The van der Waals surface area contributed by atoms with Gasteiger partial charge in [0.25, 0.3) is 0 Å². The molecule has 1 saturated heterocycles. The van der Waals surface area contributed by atoms with Crippen LogP contribution >= 0.6 is 0 Å². The zero-order valence-corrected chi connectivity index (χ0v) is 14.5. The normalized spacial score (nSPS) is 20.8. The molecule has 6 nitrogen and oxygen atoms in total. The standard InChI is InChI=1S/C17H30N2O4/c1-3-22-12-15(20)18-10-11-19(16(21)13-23-4-2)17(14-18)8-6-5-7-9-17/h3-14H2,1-2H3. The smallest absolute Gasteiger partial charge is 0.249 e. The second kappa shape index (κ2) is 8.64. The molecule has 132 valence electrons. The molecule has 1 heterocycles. The van der Waals surface area contributed by atoms with Gasteiger partial charge in [0.1, 0.15) is 13.2 Å². The number of rotatable bonds is 6. The lowest BCUT2D eigenvalue weighted by Gasteiger charge is -2.52.